The maximum absolute atomic E-state index is 6.07. The second-order valence-electron chi connectivity index (χ2n) is 3.39. The zero-order chi connectivity index (χ0) is 11.5. The molecule has 2 nitrogen and oxygen atoms in total. The summed E-state index contributed by atoms with van der Waals surface area (Å²) in [6, 6.07) is 9.50. The Morgan fingerprint density at radius 2 is 1.81 bits per heavy atom. The standard InChI is InChI=1S/C12H10Cl2N2/c13-10-5-11(14)12(16-7-10)9-3-1-8(6-15)2-4-9/h1-5,7H,6,15H2. The lowest BCUT2D eigenvalue weighted by Crippen LogP contribution is -1.95. The summed E-state index contributed by atoms with van der Waals surface area (Å²) in [5.74, 6) is 0. The predicted octanol–water partition coefficient (Wildman–Crippen LogP) is 3.51. The number of benzene rings is 1. The normalized spacial score (nSPS) is 10.4. The van der Waals surface area contributed by atoms with Crippen LogP contribution in [-0.2, 0) is 6.54 Å². The fraction of sp³-hybridized carbons (Fsp3) is 0.0833. The Morgan fingerprint density at radius 1 is 1.12 bits per heavy atom. The molecular weight excluding hydrogens is 243 g/mol. The van der Waals surface area contributed by atoms with Crippen LogP contribution >= 0.6 is 23.2 Å². The van der Waals surface area contributed by atoms with Crippen LogP contribution in [0.3, 0.4) is 0 Å². The average molecular weight is 253 g/mol. The van der Waals surface area contributed by atoms with Crippen LogP contribution in [0.5, 0.6) is 0 Å². The van der Waals surface area contributed by atoms with Gasteiger partial charge in [-0.15, -0.1) is 0 Å². The summed E-state index contributed by atoms with van der Waals surface area (Å²) < 4.78 is 0. The first-order valence-corrected chi connectivity index (χ1v) is 5.56. The van der Waals surface area contributed by atoms with Crippen LogP contribution in [0.25, 0.3) is 11.3 Å². The first-order valence-electron chi connectivity index (χ1n) is 4.81. The number of pyridine rings is 1. The largest absolute Gasteiger partial charge is 0.326 e. The zero-order valence-corrected chi connectivity index (χ0v) is 9.96. The number of nitrogens with two attached hydrogens (primary N) is 1. The average Bonchev–Trinajstić information content (AvgIpc) is 2.29. The SMILES string of the molecule is NCc1ccc(-c2ncc(Cl)cc2Cl)cc1. The third-order valence-corrected chi connectivity index (χ3v) is 2.77. The highest BCUT2D eigenvalue weighted by molar-refractivity contribution is 6.36. The van der Waals surface area contributed by atoms with Crippen LogP contribution in [-0.4, -0.2) is 4.98 Å². The minimum absolute atomic E-state index is 0.530. The van der Waals surface area contributed by atoms with E-state index < -0.39 is 0 Å². The predicted molar refractivity (Wildman–Crippen MR) is 67.6 cm³/mol. The molecule has 0 aliphatic heterocycles. The minimum atomic E-state index is 0.530. The van der Waals surface area contributed by atoms with Crippen LogP contribution in [0, 0.1) is 0 Å². The lowest BCUT2D eigenvalue weighted by Gasteiger charge is -2.04. The fourth-order valence-electron chi connectivity index (χ4n) is 1.43. The van der Waals surface area contributed by atoms with Crippen molar-refractivity contribution < 1.29 is 0 Å². The summed E-state index contributed by atoms with van der Waals surface area (Å²) in [5.41, 5.74) is 8.30. The molecule has 0 radical (unpaired) electrons. The molecule has 82 valence electrons. The molecule has 1 heterocycles. The number of hydrogen-bond acceptors (Lipinski definition) is 2. The fourth-order valence-corrected chi connectivity index (χ4v) is 1.91. The van der Waals surface area contributed by atoms with Crippen molar-refractivity contribution in [2.45, 2.75) is 6.54 Å². The summed E-state index contributed by atoms with van der Waals surface area (Å²) in [4.78, 5) is 4.21. The molecule has 0 aliphatic carbocycles. The molecule has 4 heteroatoms. The smallest absolute Gasteiger partial charge is 0.0889 e. The van der Waals surface area contributed by atoms with Crippen molar-refractivity contribution in [3.63, 3.8) is 0 Å². The summed E-state index contributed by atoms with van der Waals surface area (Å²) in [6.07, 6.45) is 1.58. The van der Waals surface area contributed by atoms with Gasteiger partial charge in [-0.1, -0.05) is 47.5 Å². The van der Waals surface area contributed by atoms with Gasteiger partial charge in [-0.05, 0) is 11.6 Å². The van der Waals surface area contributed by atoms with Crippen molar-refractivity contribution in [3.05, 3.63) is 52.1 Å². The van der Waals surface area contributed by atoms with Crippen molar-refractivity contribution in [2.75, 3.05) is 0 Å². The first kappa shape index (κ1) is 11.4. The second kappa shape index (κ2) is 4.83. The highest BCUT2D eigenvalue weighted by atomic mass is 35.5. The summed E-state index contributed by atoms with van der Waals surface area (Å²) in [7, 11) is 0. The molecule has 16 heavy (non-hydrogen) atoms. The number of nitrogens with zero attached hydrogens (tertiary/aromatic N) is 1. The van der Waals surface area contributed by atoms with Gasteiger partial charge in [0.05, 0.1) is 15.7 Å². The molecular formula is C12H10Cl2N2. The summed E-state index contributed by atoms with van der Waals surface area (Å²) >= 11 is 11.9. The number of rotatable bonds is 2. The van der Waals surface area contributed by atoms with Gasteiger partial charge in [0.1, 0.15) is 0 Å². The molecule has 1 aromatic carbocycles. The van der Waals surface area contributed by atoms with E-state index in [4.69, 9.17) is 28.9 Å². The van der Waals surface area contributed by atoms with E-state index in [0.29, 0.717) is 16.6 Å². The number of halogens is 2. The number of aromatic nitrogens is 1. The molecule has 2 aromatic rings. The molecule has 1 aromatic heterocycles. The Labute approximate surface area is 104 Å². The molecule has 0 unspecified atom stereocenters. The van der Waals surface area contributed by atoms with E-state index in [1.165, 1.54) is 0 Å². The third-order valence-electron chi connectivity index (χ3n) is 2.27. The number of hydrogen-bond donors (Lipinski definition) is 1. The van der Waals surface area contributed by atoms with E-state index in [2.05, 4.69) is 4.98 Å². The lowest BCUT2D eigenvalue weighted by molar-refractivity contribution is 1.07. The molecule has 2 N–H and O–H groups in total. The van der Waals surface area contributed by atoms with E-state index in [0.717, 1.165) is 16.8 Å². The maximum Gasteiger partial charge on any atom is 0.0889 e. The van der Waals surface area contributed by atoms with Gasteiger partial charge in [-0.2, -0.15) is 0 Å². The van der Waals surface area contributed by atoms with Crippen LogP contribution in [0.4, 0.5) is 0 Å². The quantitative estimate of drug-likeness (QED) is 0.889. The maximum atomic E-state index is 6.07. The molecule has 0 saturated heterocycles. The molecule has 0 saturated carbocycles. The molecule has 0 fully saturated rings. The Hall–Kier alpha value is -1.09. The third kappa shape index (κ3) is 2.35. The van der Waals surface area contributed by atoms with Gasteiger partial charge in [-0.3, -0.25) is 4.98 Å². The zero-order valence-electron chi connectivity index (χ0n) is 8.45. The van der Waals surface area contributed by atoms with Crippen molar-refractivity contribution in [1.29, 1.82) is 0 Å². The molecule has 0 bridgehead atoms. The summed E-state index contributed by atoms with van der Waals surface area (Å²) in [6.45, 7) is 0.530. The Balaban J connectivity index is 2.42. The van der Waals surface area contributed by atoms with E-state index in [9.17, 15) is 0 Å². The van der Waals surface area contributed by atoms with E-state index in [-0.39, 0.29) is 0 Å². The van der Waals surface area contributed by atoms with Crippen LogP contribution in [0.1, 0.15) is 5.56 Å². The van der Waals surface area contributed by atoms with Gasteiger partial charge in [0.15, 0.2) is 0 Å². The van der Waals surface area contributed by atoms with Crippen molar-refractivity contribution in [3.8, 4) is 11.3 Å². The highest BCUT2D eigenvalue weighted by Crippen LogP contribution is 2.27. The van der Waals surface area contributed by atoms with E-state index >= 15 is 0 Å². The van der Waals surface area contributed by atoms with Gasteiger partial charge in [0.2, 0.25) is 0 Å². The van der Waals surface area contributed by atoms with Crippen LogP contribution in [0.2, 0.25) is 10.0 Å². The van der Waals surface area contributed by atoms with Gasteiger partial charge in [-0.25, -0.2) is 0 Å². The Bertz CT molecular complexity index is 495. The topological polar surface area (TPSA) is 38.9 Å². The molecule has 0 atom stereocenters. The molecule has 0 spiro atoms. The van der Waals surface area contributed by atoms with Gasteiger partial charge >= 0.3 is 0 Å². The van der Waals surface area contributed by atoms with E-state index in [1.54, 1.807) is 12.3 Å². The minimum Gasteiger partial charge on any atom is -0.326 e. The Morgan fingerprint density at radius 3 is 2.38 bits per heavy atom. The van der Waals surface area contributed by atoms with Gasteiger partial charge < -0.3 is 5.73 Å². The Kier molecular flexibility index (Phi) is 3.44. The lowest BCUT2D eigenvalue weighted by atomic mass is 10.1. The molecule has 0 aliphatic rings. The monoisotopic (exact) mass is 252 g/mol. The van der Waals surface area contributed by atoms with Crippen LogP contribution in [0.15, 0.2) is 36.5 Å². The van der Waals surface area contributed by atoms with Gasteiger partial charge in [0.25, 0.3) is 0 Å². The van der Waals surface area contributed by atoms with Gasteiger partial charge in [0, 0.05) is 18.3 Å². The van der Waals surface area contributed by atoms with Crippen molar-refractivity contribution in [1.82, 2.24) is 4.98 Å². The van der Waals surface area contributed by atoms with Crippen molar-refractivity contribution >= 4 is 23.2 Å². The first-order chi connectivity index (χ1) is 7.70. The van der Waals surface area contributed by atoms with Crippen LogP contribution < -0.4 is 5.73 Å². The highest BCUT2D eigenvalue weighted by Gasteiger charge is 2.05. The summed E-state index contributed by atoms with van der Waals surface area (Å²) in [5, 5.41) is 1.08. The van der Waals surface area contributed by atoms with Crippen molar-refractivity contribution in [2.24, 2.45) is 5.73 Å². The second-order valence-corrected chi connectivity index (χ2v) is 4.23. The molecule has 0 amide bonds. The van der Waals surface area contributed by atoms with E-state index in [1.807, 2.05) is 24.3 Å². The molecule has 2 rings (SSSR count).